The molecule has 10 nitrogen and oxygen atoms in total. The molecule has 10 heteroatoms. The molecule has 0 spiro atoms. The standard InChI is InChI=1S/C24H34N4O6/c1-15-13-28(14-16(2)34-15)24(32)19-9-10-21(29)25-17(3)23(31)27(4)11-12-33-20-8-6-5-7-18(20)22(30)26-19/h5-8,15-17,19H,9-14H2,1-4H3,(H,25,29)(H,26,30)/t15-,16+,17-,19-/m0/s1. The van der Waals surface area contributed by atoms with Crippen LogP contribution in [0.2, 0.25) is 0 Å². The van der Waals surface area contributed by atoms with Crippen LogP contribution in [0, 0.1) is 0 Å². The number of nitrogens with one attached hydrogen (secondary N) is 2. The molecular formula is C24H34N4O6. The summed E-state index contributed by atoms with van der Waals surface area (Å²) in [6.45, 7) is 6.65. The Bertz CT molecular complexity index is 912. The summed E-state index contributed by atoms with van der Waals surface area (Å²) in [7, 11) is 1.63. The molecule has 0 radical (unpaired) electrons. The molecule has 2 N–H and O–H groups in total. The van der Waals surface area contributed by atoms with Gasteiger partial charge in [-0.05, 0) is 39.3 Å². The van der Waals surface area contributed by atoms with Crippen molar-refractivity contribution in [2.24, 2.45) is 0 Å². The van der Waals surface area contributed by atoms with E-state index in [9.17, 15) is 19.2 Å². The van der Waals surface area contributed by atoms with Crippen molar-refractivity contribution in [2.75, 3.05) is 33.3 Å². The maximum absolute atomic E-state index is 13.4. The molecule has 2 aliphatic rings. The Morgan fingerprint density at radius 3 is 2.41 bits per heavy atom. The minimum Gasteiger partial charge on any atom is -0.491 e. The summed E-state index contributed by atoms with van der Waals surface area (Å²) < 4.78 is 11.5. The van der Waals surface area contributed by atoms with Crippen LogP contribution in [0.3, 0.4) is 0 Å². The smallest absolute Gasteiger partial charge is 0.255 e. The van der Waals surface area contributed by atoms with Gasteiger partial charge in [-0.1, -0.05) is 12.1 Å². The van der Waals surface area contributed by atoms with E-state index in [1.165, 1.54) is 4.90 Å². The molecule has 34 heavy (non-hydrogen) atoms. The molecule has 186 valence electrons. The highest BCUT2D eigenvalue weighted by Gasteiger charge is 2.32. The van der Waals surface area contributed by atoms with Crippen LogP contribution in [-0.4, -0.2) is 91.0 Å². The Balaban J connectivity index is 1.86. The lowest BCUT2D eigenvalue weighted by Crippen LogP contribution is -2.55. The van der Waals surface area contributed by atoms with Crippen LogP contribution < -0.4 is 15.4 Å². The van der Waals surface area contributed by atoms with Crippen molar-refractivity contribution in [1.82, 2.24) is 20.4 Å². The van der Waals surface area contributed by atoms with Crippen LogP contribution in [0.25, 0.3) is 0 Å². The first-order valence-corrected chi connectivity index (χ1v) is 11.7. The lowest BCUT2D eigenvalue weighted by molar-refractivity contribution is -0.145. The second kappa shape index (κ2) is 11.3. The lowest BCUT2D eigenvalue weighted by Gasteiger charge is -2.37. The number of nitrogens with zero attached hydrogens (tertiary/aromatic N) is 2. The van der Waals surface area contributed by atoms with Crippen molar-refractivity contribution >= 4 is 23.6 Å². The van der Waals surface area contributed by atoms with E-state index in [0.717, 1.165) is 0 Å². The summed E-state index contributed by atoms with van der Waals surface area (Å²) in [6, 6.07) is 5.11. The summed E-state index contributed by atoms with van der Waals surface area (Å²) in [4.78, 5) is 54.8. The minimum atomic E-state index is -0.914. The Morgan fingerprint density at radius 2 is 1.71 bits per heavy atom. The molecule has 1 fully saturated rings. The van der Waals surface area contributed by atoms with E-state index in [1.807, 2.05) is 13.8 Å². The van der Waals surface area contributed by atoms with Crippen molar-refractivity contribution in [1.29, 1.82) is 0 Å². The van der Waals surface area contributed by atoms with Gasteiger partial charge in [0.25, 0.3) is 5.91 Å². The molecule has 1 aromatic carbocycles. The molecule has 2 aliphatic heterocycles. The second-order valence-corrected chi connectivity index (χ2v) is 8.96. The number of rotatable bonds is 1. The van der Waals surface area contributed by atoms with Crippen molar-refractivity contribution < 1.29 is 28.7 Å². The van der Waals surface area contributed by atoms with Gasteiger partial charge in [-0.2, -0.15) is 0 Å². The van der Waals surface area contributed by atoms with E-state index < -0.39 is 18.0 Å². The molecule has 0 bridgehead atoms. The van der Waals surface area contributed by atoms with Crippen LogP contribution in [0.4, 0.5) is 0 Å². The van der Waals surface area contributed by atoms with Gasteiger partial charge in [0.2, 0.25) is 17.7 Å². The summed E-state index contributed by atoms with van der Waals surface area (Å²) >= 11 is 0. The second-order valence-electron chi connectivity index (χ2n) is 8.96. The minimum absolute atomic E-state index is 0.0222. The highest BCUT2D eigenvalue weighted by atomic mass is 16.5. The molecule has 1 saturated heterocycles. The summed E-state index contributed by atoms with van der Waals surface area (Å²) in [6.07, 6.45) is -0.194. The number of morpholine rings is 1. The topological polar surface area (TPSA) is 117 Å². The van der Waals surface area contributed by atoms with E-state index in [1.54, 1.807) is 43.1 Å². The fourth-order valence-electron chi connectivity index (χ4n) is 4.24. The Kier molecular flexibility index (Phi) is 8.49. The quantitative estimate of drug-likeness (QED) is 0.614. The Morgan fingerprint density at radius 1 is 1.03 bits per heavy atom. The van der Waals surface area contributed by atoms with Crippen LogP contribution in [-0.2, 0) is 19.1 Å². The highest BCUT2D eigenvalue weighted by Crippen LogP contribution is 2.19. The summed E-state index contributed by atoms with van der Waals surface area (Å²) in [5.41, 5.74) is 0.283. The van der Waals surface area contributed by atoms with Gasteiger partial charge in [-0.25, -0.2) is 0 Å². The first-order valence-electron chi connectivity index (χ1n) is 11.7. The molecule has 0 saturated carbocycles. The van der Waals surface area contributed by atoms with E-state index >= 15 is 0 Å². The number of likely N-dealkylation sites (N-methyl/N-ethyl adjacent to an activating group) is 1. The van der Waals surface area contributed by atoms with Gasteiger partial charge < -0.3 is 29.9 Å². The van der Waals surface area contributed by atoms with Gasteiger partial charge in [-0.15, -0.1) is 0 Å². The van der Waals surface area contributed by atoms with Crippen molar-refractivity contribution in [3.8, 4) is 5.75 Å². The number of amides is 4. The molecule has 0 aromatic heterocycles. The van der Waals surface area contributed by atoms with Crippen molar-refractivity contribution in [2.45, 2.75) is 57.9 Å². The predicted molar refractivity (Wildman–Crippen MR) is 124 cm³/mol. The van der Waals surface area contributed by atoms with E-state index in [4.69, 9.17) is 9.47 Å². The molecule has 1 aromatic rings. The SMILES string of the molecule is C[C@@H]1CN(C(=O)[C@@H]2CCC(=O)N[C@@H](C)C(=O)N(C)CCOc3ccccc3C(=O)N2)C[C@H](C)O1. The molecule has 3 rings (SSSR count). The van der Waals surface area contributed by atoms with Gasteiger partial charge in [-0.3, -0.25) is 19.2 Å². The summed E-state index contributed by atoms with van der Waals surface area (Å²) in [5, 5.41) is 5.49. The third-order valence-corrected chi connectivity index (χ3v) is 5.93. The Hall–Kier alpha value is -3.14. The van der Waals surface area contributed by atoms with Gasteiger partial charge >= 0.3 is 0 Å². The number of hydrogen-bond acceptors (Lipinski definition) is 6. The zero-order valence-corrected chi connectivity index (χ0v) is 20.2. The predicted octanol–water partition coefficient (Wildman–Crippen LogP) is 0.557. The molecule has 4 amide bonds. The molecule has 0 unspecified atom stereocenters. The number of para-hydroxylation sites is 1. The monoisotopic (exact) mass is 474 g/mol. The first kappa shape index (κ1) is 25.5. The molecule has 2 heterocycles. The zero-order chi connectivity index (χ0) is 24.8. The fraction of sp³-hybridized carbons (Fsp3) is 0.583. The van der Waals surface area contributed by atoms with Crippen molar-refractivity contribution in [3.05, 3.63) is 29.8 Å². The molecule has 0 aliphatic carbocycles. The molecular weight excluding hydrogens is 440 g/mol. The van der Waals surface area contributed by atoms with E-state index in [0.29, 0.717) is 18.8 Å². The van der Waals surface area contributed by atoms with Crippen LogP contribution in [0.15, 0.2) is 24.3 Å². The van der Waals surface area contributed by atoms with E-state index in [2.05, 4.69) is 10.6 Å². The zero-order valence-electron chi connectivity index (χ0n) is 20.2. The summed E-state index contributed by atoms with van der Waals surface area (Å²) in [5.74, 6) is -0.987. The van der Waals surface area contributed by atoms with Gasteiger partial charge in [0, 0.05) is 26.6 Å². The number of hydrogen-bond donors (Lipinski definition) is 2. The number of carbonyl (C=O) groups excluding carboxylic acids is 4. The Labute approximate surface area is 199 Å². The normalized spacial score (nSPS) is 27.5. The molecule has 4 atom stereocenters. The largest absolute Gasteiger partial charge is 0.491 e. The maximum atomic E-state index is 13.4. The lowest BCUT2D eigenvalue weighted by atomic mass is 10.1. The first-order chi connectivity index (χ1) is 16.2. The van der Waals surface area contributed by atoms with E-state index in [-0.39, 0.29) is 61.5 Å². The van der Waals surface area contributed by atoms with Crippen LogP contribution in [0.5, 0.6) is 5.75 Å². The van der Waals surface area contributed by atoms with Gasteiger partial charge in [0.1, 0.15) is 24.4 Å². The maximum Gasteiger partial charge on any atom is 0.255 e. The average Bonchev–Trinajstić information content (AvgIpc) is 2.79. The number of benzene rings is 1. The highest BCUT2D eigenvalue weighted by molar-refractivity contribution is 5.99. The van der Waals surface area contributed by atoms with Gasteiger partial charge in [0.15, 0.2) is 0 Å². The van der Waals surface area contributed by atoms with Crippen LogP contribution in [0.1, 0.15) is 44.0 Å². The third-order valence-electron chi connectivity index (χ3n) is 5.93. The number of fused-ring (bicyclic) bond motifs is 1. The number of carbonyl (C=O) groups is 4. The fourth-order valence-corrected chi connectivity index (χ4v) is 4.24. The van der Waals surface area contributed by atoms with Crippen molar-refractivity contribution in [3.63, 3.8) is 0 Å². The van der Waals surface area contributed by atoms with Gasteiger partial charge in [0.05, 0.1) is 24.3 Å². The third kappa shape index (κ3) is 6.47. The van der Waals surface area contributed by atoms with Crippen LogP contribution >= 0.6 is 0 Å². The number of ether oxygens (including phenoxy) is 2. The average molecular weight is 475 g/mol.